The molecule has 3 heteroatoms. The fraction of sp³-hybridized carbons (Fsp3) is 0.375. The molecule has 1 atom stereocenters. The van der Waals surface area contributed by atoms with E-state index in [0.29, 0.717) is 18.1 Å². The van der Waals surface area contributed by atoms with Crippen LogP contribution < -0.4 is 4.74 Å². The van der Waals surface area contributed by atoms with E-state index in [1.54, 1.807) is 0 Å². The summed E-state index contributed by atoms with van der Waals surface area (Å²) >= 11 is 0. The predicted molar refractivity (Wildman–Crippen MR) is 74.4 cm³/mol. The van der Waals surface area contributed by atoms with Gasteiger partial charge in [-0.2, -0.15) is 0 Å². The third-order valence-electron chi connectivity index (χ3n) is 2.98. The zero-order valence-corrected chi connectivity index (χ0v) is 11.4. The maximum absolute atomic E-state index is 10.4. The van der Waals surface area contributed by atoms with Crippen LogP contribution >= 0.6 is 0 Å². The van der Waals surface area contributed by atoms with Crippen molar-refractivity contribution in [1.82, 2.24) is 0 Å². The van der Waals surface area contributed by atoms with E-state index in [9.17, 15) is 5.11 Å². The van der Waals surface area contributed by atoms with Crippen molar-refractivity contribution >= 4 is 0 Å². The van der Waals surface area contributed by atoms with Gasteiger partial charge in [-0.3, -0.25) is 0 Å². The lowest BCUT2D eigenvalue weighted by Gasteiger charge is -2.14. The first-order chi connectivity index (χ1) is 9.26. The molecule has 0 saturated heterocycles. The Kier molecular flexibility index (Phi) is 4.63. The molecule has 0 aliphatic heterocycles. The Hall–Kier alpha value is -1.74. The summed E-state index contributed by atoms with van der Waals surface area (Å²) in [5.74, 6) is 2.15. The molecule has 0 aliphatic carbocycles. The number of para-hydroxylation sites is 1. The molecule has 0 fully saturated rings. The van der Waals surface area contributed by atoms with Gasteiger partial charge in [0.05, 0.1) is 6.61 Å². The summed E-state index contributed by atoms with van der Waals surface area (Å²) in [6, 6.07) is 11.2. The van der Waals surface area contributed by atoms with Crippen LogP contribution in [0.25, 0.3) is 0 Å². The zero-order chi connectivity index (χ0) is 13.7. The van der Waals surface area contributed by atoms with Crippen molar-refractivity contribution in [3.8, 4) is 5.75 Å². The number of aliphatic hydroxyl groups excluding tert-OH is 1. The molecule has 2 aromatic rings. The van der Waals surface area contributed by atoms with E-state index >= 15 is 0 Å². The second-order valence-electron chi connectivity index (χ2n) is 4.45. The summed E-state index contributed by atoms with van der Waals surface area (Å²) < 4.78 is 11.3. The molecule has 0 radical (unpaired) electrons. The van der Waals surface area contributed by atoms with Crippen LogP contribution in [0, 0.1) is 0 Å². The number of furan rings is 1. The van der Waals surface area contributed by atoms with Gasteiger partial charge in [0.1, 0.15) is 23.4 Å². The van der Waals surface area contributed by atoms with Gasteiger partial charge in [0.2, 0.25) is 0 Å². The van der Waals surface area contributed by atoms with Crippen molar-refractivity contribution in [2.75, 3.05) is 6.61 Å². The van der Waals surface area contributed by atoms with Gasteiger partial charge < -0.3 is 14.3 Å². The van der Waals surface area contributed by atoms with Crippen molar-refractivity contribution in [2.45, 2.75) is 32.8 Å². The summed E-state index contributed by atoms with van der Waals surface area (Å²) in [5, 5.41) is 10.4. The lowest BCUT2D eigenvalue weighted by atomic mass is 10.1. The Balaban J connectivity index is 2.24. The van der Waals surface area contributed by atoms with Crippen molar-refractivity contribution < 1.29 is 14.3 Å². The van der Waals surface area contributed by atoms with Gasteiger partial charge >= 0.3 is 0 Å². The third kappa shape index (κ3) is 3.18. The van der Waals surface area contributed by atoms with Crippen LogP contribution in [0.5, 0.6) is 5.75 Å². The monoisotopic (exact) mass is 260 g/mol. The highest BCUT2D eigenvalue weighted by molar-refractivity contribution is 5.38. The van der Waals surface area contributed by atoms with Crippen LogP contribution in [0.1, 0.15) is 43.5 Å². The molecule has 19 heavy (non-hydrogen) atoms. The van der Waals surface area contributed by atoms with Crippen LogP contribution in [-0.4, -0.2) is 11.7 Å². The van der Waals surface area contributed by atoms with Gasteiger partial charge in [-0.15, -0.1) is 0 Å². The Morgan fingerprint density at radius 3 is 2.63 bits per heavy atom. The standard InChI is InChI=1S/C16H20O3/c1-3-11-18-14-8-6-5-7-13(14)16(17)15-10-9-12(4-2)19-15/h5-10,16-17H,3-4,11H2,1-2H3. The van der Waals surface area contributed by atoms with E-state index in [1.807, 2.05) is 43.3 Å². The molecular weight excluding hydrogens is 240 g/mol. The number of hydrogen-bond acceptors (Lipinski definition) is 3. The minimum Gasteiger partial charge on any atom is -0.493 e. The predicted octanol–water partition coefficient (Wildman–Crippen LogP) is 3.71. The van der Waals surface area contributed by atoms with Crippen LogP contribution in [0.15, 0.2) is 40.8 Å². The minimum absolute atomic E-state index is 0.560. The SMILES string of the molecule is CCCOc1ccccc1C(O)c1ccc(CC)o1. The second kappa shape index (κ2) is 6.43. The number of aryl methyl sites for hydroxylation is 1. The van der Waals surface area contributed by atoms with Gasteiger partial charge in [0, 0.05) is 12.0 Å². The van der Waals surface area contributed by atoms with Crippen molar-refractivity contribution in [1.29, 1.82) is 0 Å². The van der Waals surface area contributed by atoms with Gasteiger partial charge in [-0.25, -0.2) is 0 Å². The summed E-state index contributed by atoms with van der Waals surface area (Å²) in [4.78, 5) is 0. The first kappa shape index (κ1) is 13.7. The van der Waals surface area contributed by atoms with Crippen LogP contribution in [0.4, 0.5) is 0 Å². The number of aliphatic hydroxyl groups is 1. The van der Waals surface area contributed by atoms with Gasteiger partial charge in [-0.05, 0) is 24.6 Å². The summed E-state index contributed by atoms with van der Waals surface area (Å²) in [5.41, 5.74) is 0.743. The third-order valence-corrected chi connectivity index (χ3v) is 2.98. The van der Waals surface area contributed by atoms with Gasteiger partial charge in [0.25, 0.3) is 0 Å². The molecule has 1 heterocycles. The molecule has 0 amide bonds. The van der Waals surface area contributed by atoms with Crippen LogP contribution in [0.2, 0.25) is 0 Å². The smallest absolute Gasteiger partial charge is 0.140 e. The van der Waals surface area contributed by atoms with E-state index in [-0.39, 0.29) is 0 Å². The first-order valence-corrected chi connectivity index (χ1v) is 6.74. The Morgan fingerprint density at radius 2 is 1.95 bits per heavy atom. The highest BCUT2D eigenvalue weighted by Gasteiger charge is 2.18. The molecule has 0 spiro atoms. The maximum atomic E-state index is 10.4. The fourth-order valence-corrected chi connectivity index (χ4v) is 1.93. The minimum atomic E-state index is -0.784. The lowest BCUT2D eigenvalue weighted by Crippen LogP contribution is -2.04. The van der Waals surface area contributed by atoms with Crippen molar-refractivity contribution in [3.63, 3.8) is 0 Å². The number of hydrogen-bond donors (Lipinski definition) is 1. The second-order valence-corrected chi connectivity index (χ2v) is 4.45. The van der Waals surface area contributed by atoms with Gasteiger partial charge in [-0.1, -0.05) is 32.0 Å². The number of ether oxygens (including phenoxy) is 1. The molecule has 1 aromatic carbocycles. The molecule has 102 valence electrons. The zero-order valence-electron chi connectivity index (χ0n) is 11.4. The molecule has 0 bridgehead atoms. The normalized spacial score (nSPS) is 12.4. The molecule has 1 N–H and O–H groups in total. The molecule has 0 saturated carbocycles. The summed E-state index contributed by atoms with van der Waals surface area (Å²) in [6.07, 6.45) is 0.972. The summed E-state index contributed by atoms with van der Waals surface area (Å²) in [6.45, 7) is 4.72. The molecular formula is C16H20O3. The van der Waals surface area contributed by atoms with E-state index in [2.05, 4.69) is 6.92 Å². The van der Waals surface area contributed by atoms with Crippen LogP contribution in [0.3, 0.4) is 0 Å². The lowest BCUT2D eigenvalue weighted by molar-refractivity contribution is 0.180. The molecule has 0 aliphatic rings. The topological polar surface area (TPSA) is 42.6 Å². The average Bonchev–Trinajstić information content (AvgIpc) is 2.93. The maximum Gasteiger partial charge on any atom is 0.140 e. The average molecular weight is 260 g/mol. The number of rotatable bonds is 6. The molecule has 1 unspecified atom stereocenters. The molecule has 1 aromatic heterocycles. The molecule has 3 nitrogen and oxygen atoms in total. The highest BCUT2D eigenvalue weighted by atomic mass is 16.5. The quantitative estimate of drug-likeness (QED) is 0.861. The Labute approximate surface area is 113 Å². The van der Waals surface area contributed by atoms with E-state index in [4.69, 9.17) is 9.15 Å². The Morgan fingerprint density at radius 1 is 1.16 bits per heavy atom. The van der Waals surface area contributed by atoms with Crippen molar-refractivity contribution in [3.05, 3.63) is 53.5 Å². The van der Waals surface area contributed by atoms with Crippen molar-refractivity contribution in [2.24, 2.45) is 0 Å². The fourth-order valence-electron chi connectivity index (χ4n) is 1.93. The van der Waals surface area contributed by atoms with E-state index in [1.165, 1.54) is 0 Å². The number of benzene rings is 1. The van der Waals surface area contributed by atoms with Gasteiger partial charge in [0.15, 0.2) is 0 Å². The first-order valence-electron chi connectivity index (χ1n) is 6.74. The van der Waals surface area contributed by atoms with E-state index < -0.39 is 6.10 Å². The Bertz CT molecular complexity index is 516. The highest BCUT2D eigenvalue weighted by Crippen LogP contribution is 2.31. The summed E-state index contributed by atoms with van der Waals surface area (Å²) in [7, 11) is 0. The molecule has 2 rings (SSSR count). The largest absolute Gasteiger partial charge is 0.493 e. The van der Waals surface area contributed by atoms with Crippen LogP contribution in [-0.2, 0) is 6.42 Å². The van der Waals surface area contributed by atoms with E-state index in [0.717, 1.165) is 24.2 Å².